The lowest BCUT2D eigenvalue weighted by atomic mass is 10.3. The third-order valence-corrected chi connectivity index (χ3v) is 4.70. The molecular weight excluding hydrogens is 304 g/mol. The summed E-state index contributed by atoms with van der Waals surface area (Å²) < 4.78 is 27.2. The molecule has 1 atom stereocenters. The Hall–Kier alpha value is -0.850. The molecule has 0 amide bonds. The highest BCUT2D eigenvalue weighted by atomic mass is 79.9. The Labute approximate surface area is 110 Å². The Balaban J connectivity index is 3.04. The number of hydrogen-bond donors (Lipinski definition) is 2. The maximum Gasteiger partial charge on any atom is 0.242 e. The zero-order valence-electron chi connectivity index (χ0n) is 9.48. The minimum absolute atomic E-state index is 0.147. The SMILES string of the molecule is C=CCC(C)NS(=O)(=O)c1cc(N)ccc1Br. The summed E-state index contributed by atoms with van der Waals surface area (Å²) in [6.45, 7) is 5.35. The highest BCUT2D eigenvalue weighted by Crippen LogP contribution is 2.24. The van der Waals surface area contributed by atoms with E-state index in [1.54, 1.807) is 25.1 Å². The molecule has 1 rings (SSSR count). The first-order chi connectivity index (χ1) is 7.86. The van der Waals surface area contributed by atoms with Gasteiger partial charge >= 0.3 is 0 Å². The molecule has 3 N–H and O–H groups in total. The van der Waals surface area contributed by atoms with E-state index in [1.807, 2.05) is 0 Å². The van der Waals surface area contributed by atoms with Gasteiger partial charge in [-0.05, 0) is 47.5 Å². The minimum Gasteiger partial charge on any atom is -0.399 e. The van der Waals surface area contributed by atoms with Crippen LogP contribution in [0.2, 0.25) is 0 Å². The molecule has 6 heteroatoms. The monoisotopic (exact) mass is 318 g/mol. The fourth-order valence-electron chi connectivity index (χ4n) is 1.35. The highest BCUT2D eigenvalue weighted by Gasteiger charge is 2.19. The van der Waals surface area contributed by atoms with E-state index in [0.29, 0.717) is 16.6 Å². The van der Waals surface area contributed by atoms with Crippen molar-refractivity contribution >= 4 is 31.6 Å². The molecule has 1 aromatic carbocycles. The van der Waals surface area contributed by atoms with Crippen LogP contribution in [0.3, 0.4) is 0 Å². The maximum absolute atomic E-state index is 12.1. The van der Waals surface area contributed by atoms with Crippen molar-refractivity contribution in [1.82, 2.24) is 4.72 Å². The van der Waals surface area contributed by atoms with Crippen LogP contribution in [0.25, 0.3) is 0 Å². The predicted octanol–water partition coefficient (Wildman–Crippen LogP) is 2.27. The maximum atomic E-state index is 12.1. The van der Waals surface area contributed by atoms with Crippen LogP contribution >= 0.6 is 15.9 Å². The molecule has 0 aliphatic rings. The molecule has 0 aromatic heterocycles. The van der Waals surface area contributed by atoms with Gasteiger partial charge in [0.2, 0.25) is 10.0 Å². The minimum atomic E-state index is -3.56. The second kappa shape index (κ2) is 5.66. The van der Waals surface area contributed by atoms with Crippen LogP contribution in [0.4, 0.5) is 5.69 Å². The van der Waals surface area contributed by atoms with Gasteiger partial charge in [0.1, 0.15) is 0 Å². The summed E-state index contributed by atoms with van der Waals surface area (Å²) in [6.07, 6.45) is 2.24. The molecule has 0 fully saturated rings. The van der Waals surface area contributed by atoms with Crippen molar-refractivity contribution in [2.45, 2.75) is 24.3 Å². The van der Waals surface area contributed by atoms with Crippen LogP contribution in [0.1, 0.15) is 13.3 Å². The molecule has 0 radical (unpaired) electrons. The topological polar surface area (TPSA) is 72.2 Å². The molecule has 0 aliphatic heterocycles. The van der Waals surface area contributed by atoms with Gasteiger partial charge in [-0.1, -0.05) is 6.08 Å². The van der Waals surface area contributed by atoms with Crippen LogP contribution in [-0.4, -0.2) is 14.5 Å². The van der Waals surface area contributed by atoms with Crippen LogP contribution in [0, 0.1) is 0 Å². The summed E-state index contributed by atoms with van der Waals surface area (Å²) in [5.74, 6) is 0. The van der Waals surface area contributed by atoms with Crippen molar-refractivity contribution < 1.29 is 8.42 Å². The van der Waals surface area contributed by atoms with Crippen LogP contribution in [0.15, 0.2) is 40.2 Å². The van der Waals surface area contributed by atoms with Crippen LogP contribution in [0.5, 0.6) is 0 Å². The van der Waals surface area contributed by atoms with Crippen molar-refractivity contribution in [3.05, 3.63) is 35.3 Å². The quantitative estimate of drug-likeness (QED) is 0.646. The Morgan fingerprint density at radius 2 is 2.24 bits per heavy atom. The van der Waals surface area contributed by atoms with E-state index in [-0.39, 0.29) is 10.9 Å². The zero-order chi connectivity index (χ0) is 13.1. The van der Waals surface area contributed by atoms with Gasteiger partial charge in [-0.2, -0.15) is 0 Å². The van der Waals surface area contributed by atoms with Gasteiger partial charge in [-0.3, -0.25) is 0 Å². The smallest absolute Gasteiger partial charge is 0.242 e. The van der Waals surface area contributed by atoms with E-state index in [2.05, 4.69) is 27.2 Å². The lowest BCUT2D eigenvalue weighted by Crippen LogP contribution is -2.32. The number of sulfonamides is 1. The standard InChI is InChI=1S/C11H15BrN2O2S/c1-3-4-8(2)14-17(15,16)11-7-9(13)5-6-10(11)12/h3,5-8,14H,1,4,13H2,2H3. The first-order valence-corrected chi connectivity index (χ1v) is 7.32. The summed E-state index contributed by atoms with van der Waals surface area (Å²) in [4.78, 5) is 0.147. The van der Waals surface area contributed by atoms with E-state index in [9.17, 15) is 8.42 Å². The number of hydrogen-bond acceptors (Lipinski definition) is 3. The fraction of sp³-hybridized carbons (Fsp3) is 0.273. The van der Waals surface area contributed by atoms with Crippen molar-refractivity contribution in [2.75, 3.05) is 5.73 Å². The molecule has 17 heavy (non-hydrogen) atoms. The summed E-state index contributed by atoms with van der Waals surface area (Å²) in [5.41, 5.74) is 5.99. The van der Waals surface area contributed by atoms with E-state index in [1.165, 1.54) is 6.07 Å². The van der Waals surface area contributed by atoms with Crippen LogP contribution in [-0.2, 0) is 10.0 Å². The van der Waals surface area contributed by atoms with Gasteiger partial charge in [-0.15, -0.1) is 6.58 Å². The van der Waals surface area contributed by atoms with Gasteiger partial charge < -0.3 is 5.73 Å². The molecule has 0 saturated carbocycles. The average Bonchev–Trinajstić information content (AvgIpc) is 2.21. The Morgan fingerprint density at radius 3 is 2.82 bits per heavy atom. The first-order valence-electron chi connectivity index (χ1n) is 5.05. The second-order valence-electron chi connectivity index (χ2n) is 3.74. The Bertz CT molecular complexity index is 514. The van der Waals surface area contributed by atoms with Gasteiger partial charge in [-0.25, -0.2) is 13.1 Å². The van der Waals surface area contributed by atoms with E-state index in [0.717, 1.165) is 0 Å². The molecule has 0 heterocycles. The molecular formula is C11H15BrN2O2S. The number of benzene rings is 1. The molecule has 0 bridgehead atoms. The zero-order valence-corrected chi connectivity index (χ0v) is 11.9. The number of rotatable bonds is 5. The van der Waals surface area contributed by atoms with Gasteiger partial charge in [0.25, 0.3) is 0 Å². The number of anilines is 1. The van der Waals surface area contributed by atoms with Gasteiger partial charge in [0.15, 0.2) is 0 Å². The summed E-state index contributed by atoms with van der Waals surface area (Å²) >= 11 is 3.20. The van der Waals surface area contributed by atoms with Crippen molar-refractivity contribution in [2.24, 2.45) is 0 Å². The van der Waals surface area contributed by atoms with Crippen molar-refractivity contribution in [3.63, 3.8) is 0 Å². The lowest BCUT2D eigenvalue weighted by molar-refractivity contribution is 0.562. The summed E-state index contributed by atoms with van der Waals surface area (Å²) in [6, 6.07) is 4.47. The molecule has 0 spiro atoms. The third kappa shape index (κ3) is 3.83. The predicted molar refractivity (Wildman–Crippen MR) is 73.2 cm³/mol. The summed E-state index contributed by atoms with van der Waals surface area (Å²) in [7, 11) is -3.56. The first kappa shape index (κ1) is 14.2. The third-order valence-electron chi connectivity index (χ3n) is 2.12. The van der Waals surface area contributed by atoms with Crippen molar-refractivity contribution in [1.29, 1.82) is 0 Å². The van der Waals surface area contributed by atoms with E-state index < -0.39 is 10.0 Å². The lowest BCUT2D eigenvalue weighted by Gasteiger charge is -2.13. The molecule has 1 aromatic rings. The Kier molecular flexibility index (Phi) is 4.73. The average molecular weight is 319 g/mol. The molecule has 0 aliphatic carbocycles. The van der Waals surface area contributed by atoms with Crippen LogP contribution < -0.4 is 10.5 Å². The van der Waals surface area contributed by atoms with Gasteiger partial charge in [0.05, 0.1) is 4.90 Å². The summed E-state index contributed by atoms with van der Waals surface area (Å²) in [5, 5.41) is 0. The number of halogens is 1. The fourth-order valence-corrected chi connectivity index (χ4v) is 3.61. The van der Waals surface area contributed by atoms with E-state index >= 15 is 0 Å². The number of nitrogens with one attached hydrogen (secondary N) is 1. The molecule has 1 unspecified atom stereocenters. The number of nitrogen functional groups attached to an aromatic ring is 1. The Morgan fingerprint density at radius 1 is 1.59 bits per heavy atom. The highest BCUT2D eigenvalue weighted by molar-refractivity contribution is 9.10. The second-order valence-corrected chi connectivity index (χ2v) is 6.27. The number of nitrogens with two attached hydrogens (primary N) is 1. The molecule has 94 valence electrons. The molecule has 4 nitrogen and oxygen atoms in total. The van der Waals surface area contributed by atoms with E-state index in [4.69, 9.17) is 5.73 Å². The van der Waals surface area contributed by atoms with Gasteiger partial charge in [0, 0.05) is 16.2 Å². The largest absolute Gasteiger partial charge is 0.399 e. The normalized spacial score (nSPS) is 13.3. The molecule has 0 saturated heterocycles. The van der Waals surface area contributed by atoms with Crippen molar-refractivity contribution in [3.8, 4) is 0 Å².